The topological polar surface area (TPSA) is 67.3 Å². The van der Waals surface area contributed by atoms with Gasteiger partial charge < -0.3 is 15.0 Å². The Labute approximate surface area is 186 Å². The SMILES string of the molecule is Cc1cc(Nc2ccc3c(c2)CN(c2ccc(Oc4ccnc(C)c4)cc2)C3=O)ccn1. The van der Waals surface area contributed by atoms with Gasteiger partial charge in [-0.3, -0.25) is 14.8 Å². The van der Waals surface area contributed by atoms with E-state index < -0.39 is 0 Å². The van der Waals surface area contributed by atoms with E-state index in [4.69, 9.17) is 4.74 Å². The molecule has 32 heavy (non-hydrogen) atoms. The van der Waals surface area contributed by atoms with Crippen molar-refractivity contribution in [1.29, 1.82) is 0 Å². The molecule has 158 valence electrons. The number of anilines is 3. The summed E-state index contributed by atoms with van der Waals surface area (Å²) in [5.41, 5.74) is 6.33. The lowest BCUT2D eigenvalue weighted by atomic mass is 10.1. The number of amides is 1. The van der Waals surface area contributed by atoms with Gasteiger partial charge in [-0.15, -0.1) is 0 Å². The maximum Gasteiger partial charge on any atom is 0.258 e. The number of aryl methyl sites for hydroxylation is 2. The highest BCUT2D eigenvalue weighted by Gasteiger charge is 2.28. The number of aromatic nitrogens is 2. The molecule has 1 aliphatic rings. The molecule has 1 N–H and O–H groups in total. The maximum atomic E-state index is 13.0. The normalized spacial score (nSPS) is 12.6. The largest absolute Gasteiger partial charge is 0.457 e. The van der Waals surface area contributed by atoms with Crippen molar-refractivity contribution >= 4 is 23.0 Å². The molecule has 0 bridgehead atoms. The lowest BCUT2D eigenvalue weighted by Crippen LogP contribution is -2.22. The molecule has 3 heterocycles. The minimum absolute atomic E-state index is 0.00438. The highest BCUT2D eigenvalue weighted by atomic mass is 16.5. The van der Waals surface area contributed by atoms with Crippen LogP contribution >= 0.6 is 0 Å². The van der Waals surface area contributed by atoms with Crippen LogP contribution in [0.3, 0.4) is 0 Å². The zero-order valence-electron chi connectivity index (χ0n) is 17.9. The number of hydrogen-bond acceptors (Lipinski definition) is 5. The minimum Gasteiger partial charge on any atom is -0.457 e. The highest BCUT2D eigenvalue weighted by Crippen LogP contribution is 2.32. The number of rotatable bonds is 5. The quantitative estimate of drug-likeness (QED) is 0.441. The molecule has 0 spiro atoms. The predicted molar refractivity (Wildman–Crippen MR) is 125 cm³/mol. The third-order valence-corrected chi connectivity index (χ3v) is 5.35. The summed E-state index contributed by atoms with van der Waals surface area (Å²) >= 11 is 0. The van der Waals surface area contributed by atoms with Gasteiger partial charge in [0.15, 0.2) is 0 Å². The summed E-state index contributed by atoms with van der Waals surface area (Å²) in [6.07, 6.45) is 3.50. The van der Waals surface area contributed by atoms with Crippen LogP contribution in [0.15, 0.2) is 79.1 Å². The second-order valence-electron chi connectivity index (χ2n) is 7.80. The monoisotopic (exact) mass is 422 g/mol. The zero-order valence-corrected chi connectivity index (χ0v) is 17.9. The second-order valence-corrected chi connectivity index (χ2v) is 7.80. The van der Waals surface area contributed by atoms with Crippen molar-refractivity contribution in [1.82, 2.24) is 9.97 Å². The van der Waals surface area contributed by atoms with E-state index in [1.54, 1.807) is 17.3 Å². The minimum atomic E-state index is 0.00438. The van der Waals surface area contributed by atoms with Crippen LogP contribution in [0.2, 0.25) is 0 Å². The fourth-order valence-electron chi connectivity index (χ4n) is 3.81. The zero-order chi connectivity index (χ0) is 22.1. The molecular formula is C26H22N4O2. The van der Waals surface area contributed by atoms with Gasteiger partial charge >= 0.3 is 0 Å². The van der Waals surface area contributed by atoms with E-state index in [1.165, 1.54) is 0 Å². The molecule has 1 amide bonds. The molecule has 2 aromatic heterocycles. The first-order valence-corrected chi connectivity index (χ1v) is 10.4. The number of carbonyl (C=O) groups is 1. The summed E-state index contributed by atoms with van der Waals surface area (Å²) in [7, 11) is 0. The van der Waals surface area contributed by atoms with Crippen molar-refractivity contribution in [3.8, 4) is 11.5 Å². The number of hydrogen-bond donors (Lipinski definition) is 1. The van der Waals surface area contributed by atoms with Crippen molar-refractivity contribution < 1.29 is 9.53 Å². The van der Waals surface area contributed by atoms with Gasteiger partial charge in [0, 0.05) is 52.5 Å². The Morgan fingerprint density at radius 1 is 0.812 bits per heavy atom. The molecule has 0 unspecified atom stereocenters. The van der Waals surface area contributed by atoms with Gasteiger partial charge in [-0.2, -0.15) is 0 Å². The molecule has 5 rings (SSSR count). The number of nitrogens with one attached hydrogen (secondary N) is 1. The number of benzene rings is 2. The van der Waals surface area contributed by atoms with E-state index in [0.717, 1.165) is 45.3 Å². The molecule has 6 nitrogen and oxygen atoms in total. The summed E-state index contributed by atoms with van der Waals surface area (Å²) in [6, 6.07) is 21.0. The molecule has 0 atom stereocenters. The molecule has 2 aromatic carbocycles. The van der Waals surface area contributed by atoms with Gasteiger partial charge in [0.05, 0.1) is 6.54 Å². The summed E-state index contributed by atoms with van der Waals surface area (Å²) in [5, 5.41) is 3.39. The third-order valence-electron chi connectivity index (χ3n) is 5.35. The van der Waals surface area contributed by atoms with E-state index in [1.807, 2.05) is 80.6 Å². The standard InChI is InChI=1S/C26H22N4O2/c1-17-13-21(9-11-27-17)29-20-3-8-25-19(15-20)16-30(26(25)31)22-4-6-23(7-5-22)32-24-10-12-28-18(2)14-24/h3-15H,16H2,1-2H3,(H,27,29). The lowest BCUT2D eigenvalue weighted by molar-refractivity contribution is 0.0996. The van der Waals surface area contributed by atoms with Gasteiger partial charge in [0.1, 0.15) is 11.5 Å². The predicted octanol–water partition coefficient (Wildman–Crippen LogP) is 5.79. The Morgan fingerprint density at radius 2 is 1.53 bits per heavy atom. The molecule has 0 fully saturated rings. The molecule has 0 radical (unpaired) electrons. The summed E-state index contributed by atoms with van der Waals surface area (Å²) in [6.45, 7) is 4.41. The number of carbonyl (C=O) groups excluding carboxylic acids is 1. The molecule has 0 aliphatic carbocycles. The first-order chi connectivity index (χ1) is 15.5. The third kappa shape index (κ3) is 4.03. The first kappa shape index (κ1) is 19.8. The van der Waals surface area contributed by atoms with Crippen LogP contribution in [-0.2, 0) is 6.54 Å². The second kappa shape index (κ2) is 8.15. The van der Waals surface area contributed by atoms with Gasteiger partial charge in [-0.25, -0.2) is 0 Å². The highest BCUT2D eigenvalue weighted by molar-refractivity contribution is 6.10. The van der Waals surface area contributed by atoms with Gasteiger partial charge in [0.2, 0.25) is 0 Å². The molecule has 0 saturated carbocycles. The van der Waals surface area contributed by atoms with Gasteiger partial charge in [-0.05, 0) is 80.1 Å². The van der Waals surface area contributed by atoms with E-state index in [9.17, 15) is 4.79 Å². The number of fused-ring (bicyclic) bond motifs is 1. The van der Waals surface area contributed by atoms with Crippen molar-refractivity contribution in [2.45, 2.75) is 20.4 Å². The van der Waals surface area contributed by atoms with Crippen LogP contribution in [-0.4, -0.2) is 15.9 Å². The number of ether oxygens (including phenoxy) is 1. The molecule has 1 aliphatic heterocycles. The van der Waals surface area contributed by atoms with E-state index in [-0.39, 0.29) is 5.91 Å². The average Bonchev–Trinajstić information content (AvgIpc) is 3.10. The van der Waals surface area contributed by atoms with Crippen LogP contribution in [0.25, 0.3) is 0 Å². The van der Waals surface area contributed by atoms with Crippen LogP contribution in [0, 0.1) is 13.8 Å². The molecular weight excluding hydrogens is 400 g/mol. The Balaban J connectivity index is 1.31. The average molecular weight is 422 g/mol. The fraction of sp³-hybridized carbons (Fsp3) is 0.115. The lowest BCUT2D eigenvalue weighted by Gasteiger charge is -2.16. The van der Waals surface area contributed by atoms with E-state index >= 15 is 0 Å². The van der Waals surface area contributed by atoms with Crippen molar-refractivity contribution in [2.24, 2.45) is 0 Å². The van der Waals surface area contributed by atoms with Crippen molar-refractivity contribution in [2.75, 3.05) is 10.2 Å². The smallest absolute Gasteiger partial charge is 0.258 e. The van der Waals surface area contributed by atoms with Crippen LogP contribution in [0.4, 0.5) is 17.1 Å². The molecule has 0 saturated heterocycles. The van der Waals surface area contributed by atoms with E-state index in [0.29, 0.717) is 12.3 Å². The van der Waals surface area contributed by atoms with E-state index in [2.05, 4.69) is 15.3 Å². The Morgan fingerprint density at radius 3 is 2.28 bits per heavy atom. The van der Waals surface area contributed by atoms with Crippen molar-refractivity contribution in [3.05, 3.63) is 102 Å². The van der Waals surface area contributed by atoms with Gasteiger partial charge in [0.25, 0.3) is 5.91 Å². The number of pyridine rings is 2. The van der Waals surface area contributed by atoms with Gasteiger partial charge in [-0.1, -0.05) is 0 Å². The van der Waals surface area contributed by atoms with Crippen LogP contribution < -0.4 is 15.0 Å². The Bertz CT molecular complexity index is 1300. The van der Waals surface area contributed by atoms with Crippen LogP contribution in [0.5, 0.6) is 11.5 Å². The fourth-order valence-corrected chi connectivity index (χ4v) is 3.81. The maximum absolute atomic E-state index is 13.0. The molecule has 4 aromatic rings. The first-order valence-electron chi connectivity index (χ1n) is 10.4. The number of nitrogens with zero attached hydrogens (tertiary/aromatic N) is 3. The summed E-state index contributed by atoms with van der Waals surface area (Å²) in [5.74, 6) is 1.45. The Kier molecular flexibility index (Phi) is 5.03. The summed E-state index contributed by atoms with van der Waals surface area (Å²) < 4.78 is 5.89. The molecule has 6 heteroatoms. The summed E-state index contributed by atoms with van der Waals surface area (Å²) in [4.78, 5) is 23.2. The van der Waals surface area contributed by atoms with Crippen LogP contribution in [0.1, 0.15) is 27.3 Å². The Hall–Kier alpha value is -4.19. The van der Waals surface area contributed by atoms with Crippen molar-refractivity contribution in [3.63, 3.8) is 0 Å².